The van der Waals surface area contributed by atoms with Crippen molar-refractivity contribution in [2.75, 3.05) is 20.6 Å². The van der Waals surface area contributed by atoms with Crippen LogP contribution in [0.5, 0.6) is 0 Å². The molecular weight excluding hydrogens is 198 g/mol. The van der Waals surface area contributed by atoms with Crippen LogP contribution in [0.1, 0.15) is 11.6 Å². The van der Waals surface area contributed by atoms with Gasteiger partial charge in [0.2, 0.25) is 0 Å². The van der Waals surface area contributed by atoms with Crippen LogP contribution in [0.4, 0.5) is 0 Å². The lowest BCUT2D eigenvalue weighted by Crippen LogP contribution is -2.27. The Hall–Kier alpha value is -1.45. The van der Waals surface area contributed by atoms with E-state index in [0.717, 1.165) is 0 Å². The molecule has 0 aliphatic rings. The summed E-state index contributed by atoms with van der Waals surface area (Å²) in [5.74, 6) is 0. The molecule has 0 amide bonds. The molecule has 0 spiro atoms. The van der Waals surface area contributed by atoms with Gasteiger partial charge in [0, 0.05) is 30.4 Å². The Balaban J connectivity index is 2.59. The van der Waals surface area contributed by atoms with Gasteiger partial charge in [-0.1, -0.05) is 24.3 Å². The van der Waals surface area contributed by atoms with Gasteiger partial charge in [0.05, 0.1) is 0 Å². The maximum Gasteiger partial charge on any atom is 0.0486 e. The molecule has 1 aromatic carbocycles. The molecule has 0 fully saturated rings. The Bertz CT molecular complexity index is 474. The van der Waals surface area contributed by atoms with Gasteiger partial charge in [0.15, 0.2) is 0 Å². The summed E-state index contributed by atoms with van der Waals surface area (Å²) in [6.45, 7) is 0.600. The van der Waals surface area contributed by atoms with E-state index in [0.29, 0.717) is 6.54 Å². The number of nitrogens with two attached hydrogens (primary N) is 1. The van der Waals surface area contributed by atoms with E-state index in [1.807, 2.05) is 32.6 Å². The summed E-state index contributed by atoms with van der Waals surface area (Å²) in [6.07, 6.45) is 3.81. The third-order valence-electron chi connectivity index (χ3n) is 2.90. The van der Waals surface area contributed by atoms with Crippen LogP contribution in [0.3, 0.4) is 0 Å². The van der Waals surface area contributed by atoms with Crippen molar-refractivity contribution in [2.45, 2.75) is 6.04 Å². The van der Waals surface area contributed by atoms with E-state index in [9.17, 15) is 0 Å². The minimum Gasteiger partial charge on any atom is -0.329 e. The number of fused-ring (bicyclic) bond motifs is 1. The van der Waals surface area contributed by atoms with Crippen LogP contribution in [0, 0.1) is 0 Å². The molecule has 1 atom stereocenters. The van der Waals surface area contributed by atoms with E-state index in [1.165, 1.54) is 16.3 Å². The first-order valence-electron chi connectivity index (χ1n) is 5.43. The normalized spacial score (nSPS) is 13.2. The second kappa shape index (κ2) is 4.60. The van der Waals surface area contributed by atoms with Gasteiger partial charge in [0.25, 0.3) is 0 Å². The Morgan fingerprint density at radius 3 is 2.69 bits per heavy atom. The maximum absolute atomic E-state index is 5.83. The van der Waals surface area contributed by atoms with Crippen molar-refractivity contribution in [3.05, 3.63) is 42.2 Å². The molecule has 3 heteroatoms. The van der Waals surface area contributed by atoms with Crippen LogP contribution < -0.4 is 5.73 Å². The van der Waals surface area contributed by atoms with Gasteiger partial charge < -0.3 is 10.6 Å². The smallest absolute Gasteiger partial charge is 0.0486 e. The van der Waals surface area contributed by atoms with Crippen molar-refractivity contribution in [1.82, 2.24) is 9.88 Å². The largest absolute Gasteiger partial charge is 0.329 e. The van der Waals surface area contributed by atoms with Crippen LogP contribution in [-0.2, 0) is 0 Å². The minimum absolute atomic E-state index is 0.221. The standard InChI is InChI=1S/C13H17N3/c1-16(2)13(7-14)12-9-15-8-10-5-3-4-6-11(10)12/h3-6,8-9,13H,7,14H2,1-2H3. The molecule has 84 valence electrons. The molecule has 3 nitrogen and oxygen atoms in total. The maximum atomic E-state index is 5.83. The van der Waals surface area contributed by atoms with Crippen LogP contribution in [0.2, 0.25) is 0 Å². The van der Waals surface area contributed by atoms with Crippen molar-refractivity contribution in [3.63, 3.8) is 0 Å². The number of aromatic nitrogens is 1. The lowest BCUT2D eigenvalue weighted by atomic mass is 10.0. The van der Waals surface area contributed by atoms with Crippen molar-refractivity contribution in [3.8, 4) is 0 Å². The zero-order chi connectivity index (χ0) is 11.5. The van der Waals surface area contributed by atoms with Crippen molar-refractivity contribution >= 4 is 10.8 Å². The highest BCUT2D eigenvalue weighted by molar-refractivity contribution is 5.85. The number of rotatable bonds is 3. The molecule has 2 rings (SSSR count). The van der Waals surface area contributed by atoms with E-state index < -0.39 is 0 Å². The molecule has 2 aromatic rings. The fraction of sp³-hybridized carbons (Fsp3) is 0.308. The summed E-state index contributed by atoms with van der Waals surface area (Å²) in [5.41, 5.74) is 7.03. The van der Waals surface area contributed by atoms with Gasteiger partial charge in [-0.3, -0.25) is 4.98 Å². The van der Waals surface area contributed by atoms with Crippen molar-refractivity contribution in [1.29, 1.82) is 0 Å². The summed E-state index contributed by atoms with van der Waals surface area (Å²) >= 11 is 0. The van der Waals surface area contributed by atoms with Crippen LogP contribution >= 0.6 is 0 Å². The van der Waals surface area contributed by atoms with Gasteiger partial charge in [-0.25, -0.2) is 0 Å². The van der Waals surface area contributed by atoms with Gasteiger partial charge in [-0.05, 0) is 25.0 Å². The number of likely N-dealkylation sites (N-methyl/N-ethyl adjacent to an activating group) is 1. The highest BCUT2D eigenvalue weighted by Gasteiger charge is 2.14. The summed E-state index contributed by atoms with van der Waals surface area (Å²) in [7, 11) is 4.08. The van der Waals surface area contributed by atoms with Crippen LogP contribution in [0.25, 0.3) is 10.8 Å². The second-order valence-electron chi connectivity index (χ2n) is 4.16. The molecule has 1 unspecified atom stereocenters. The predicted octanol–water partition coefficient (Wildman–Crippen LogP) is 1.80. The number of hydrogen-bond acceptors (Lipinski definition) is 3. The molecule has 1 heterocycles. The molecule has 0 aliphatic carbocycles. The van der Waals surface area contributed by atoms with Crippen LogP contribution in [-0.4, -0.2) is 30.5 Å². The number of pyridine rings is 1. The molecule has 0 bridgehead atoms. The van der Waals surface area contributed by atoms with Gasteiger partial charge in [0.1, 0.15) is 0 Å². The van der Waals surface area contributed by atoms with Gasteiger partial charge >= 0.3 is 0 Å². The van der Waals surface area contributed by atoms with Gasteiger partial charge in [-0.2, -0.15) is 0 Å². The lowest BCUT2D eigenvalue weighted by Gasteiger charge is -2.24. The van der Waals surface area contributed by atoms with E-state index in [2.05, 4.69) is 28.1 Å². The topological polar surface area (TPSA) is 42.1 Å². The number of hydrogen-bond donors (Lipinski definition) is 1. The quantitative estimate of drug-likeness (QED) is 0.849. The monoisotopic (exact) mass is 215 g/mol. The highest BCUT2D eigenvalue weighted by atomic mass is 15.1. The lowest BCUT2D eigenvalue weighted by molar-refractivity contribution is 0.307. The summed E-state index contributed by atoms with van der Waals surface area (Å²) in [5, 5.41) is 2.40. The third kappa shape index (κ3) is 1.92. The van der Waals surface area contributed by atoms with E-state index in [1.54, 1.807) is 0 Å². The number of nitrogens with zero attached hydrogens (tertiary/aromatic N) is 2. The molecule has 1 aromatic heterocycles. The Labute approximate surface area is 95.9 Å². The van der Waals surface area contributed by atoms with E-state index in [-0.39, 0.29) is 6.04 Å². The minimum atomic E-state index is 0.221. The number of benzene rings is 1. The first-order chi connectivity index (χ1) is 7.74. The summed E-state index contributed by atoms with van der Waals surface area (Å²) in [4.78, 5) is 6.41. The van der Waals surface area contributed by atoms with Gasteiger partial charge in [-0.15, -0.1) is 0 Å². The van der Waals surface area contributed by atoms with E-state index >= 15 is 0 Å². The summed E-state index contributed by atoms with van der Waals surface area (Å²) < 4.78 is 0. The molecule has 0 saturated heterocycles. The molecule has 0 saturated carbocycles. The average molecular weight is 215 g/mol. The van der Waals surface area contributed by atoms with Crippen LogP contribution in [0.15, 0.2) is 36.7 Å². The molecule has 2 N–H and O–H groups in total. The molecular formula is C13H17N3. The highest BCUT2D eigenvalue weighted by Crippen LogP contribution is 2.25. The molecule has 0 aliphatic heterocycles. The fourth-order valence-electron chi connectivity index (χ4n) is 2.02. The molecule has 0 radical (unpaired) electrons. The third-order valence-corrected chi connectivity index (χ3v) is 2.90. The average Bonchev–Trinajstić information content (AvgIpc) is 2.30. The van der Waals surface area contributed by atoms with Crippen molar-refractivity contribution < 1.29 is 0 Å². The summed E-state index contributed by atoms with van der Waals surface area (Å²) in [6, 6.07) is 8.50. The zero-order valence-electron chi connectivity index (χ0n) is 9.72. The Morgan fingerprint density at radius 2 is 2.00 bits per heavy atom. The Morgan fingerprint density at radius 1 is 1.25 bits per heavy atom. The fourth-order valence-corrected chi connectivity index (χ4v) is 2.02. The second-order valence-corrected chi connectivity index (χ2v) is 4.16. The van der Waals surface area contributed by atoms with E-state index in [4.69, 9.17) is 5.73 Å². The van der Waals surface area contributed by atoms with Crippen molar-refractivity contribution in [2.24, 2.45) is 5.73 Å². The Kier molecular flexibility index (Phi) is 3.17. The first kappa shape index (κ1) is 11.0. The molecule has 16 heavy (non-hydrogen) atoms. The predicted molar refractivity (Wildman–Crippen MR) is 67.2 cm³/mol. The first-order valence-corrected chi connectivity index (χ1v) is 5.43. The zero-order valence-corrected chi connectivity index (χ0v) is 9.72. The SMILES string of the molecule is CN(C)C(CN)c1cncc2ccccc12.